The number of carbonyl (C=O) groups excluding carboxylic acids is 4. The van der Waals surface area contributed by atoms with Gasteiger partial charge in [-0.3, -0.25) is 19.2 Å². The number of halogens is 1. The van der Waals surface area contributed by atoms with Gasteiger partial charge in [0.05, 0.1) is 10.9 Å². The number of rotatable bonds is 3. The van der Waals surface area contributed by atoms with Crippen molar-refractivity contribution >= 4 is 44.9 Å². The number of aliphatic hydroxyl groups is 3. The van der Waals surface area contributed by atoms with Crippen LogP contribution in [-0.2, 0) is 20.8 Å². The molecule has 1 amide bonds. The Balaban J connectivity index is 0.00000103. The van der Waals surface area contributed by atoms with Crippen molar-refractivity contribution in [3.63, 3.8) is 0 Å². The van der Waals surface area contributed by atoms with Crippen LogP contribution in [0, 0.1) is 11.8 Å². The third-order valence-corrected chi connectivity index (χ3v) is 6.88. The zero-order valence-electron chi connectivity index (χ0n) is 18.5. The lowest BCUT2D eigenvalue weighted by Crippen LogP contribution is -2.58. The third-order valence-electron chi connectivity index (χ3n) is 6.37. The van der Waals surface area contributed by atoms with Gasteiger partial charge < -0.3 is 31.5 Å². The fourth-order valence-corrected chi connectivity index (χ4v) is 5.26. The van der Waals surface area contributed by atoms with Gasteiger partial charge in [-0.2, -0.15) is 0 Å². The summed E-state index contributed by atoms with van der Waals surface area (Å²) < 4.78 is 0. The number of phenols is 1. The van der Waals surface area contributed by atoms with Crippen LogP contribution in [0.15, 0.2) is 29.0 Å². The minimum atomic E-state index is -2.60. The van der Waals surface area contributed by atoms with E-state index in [-0.39, 0.29) is 46.4 Å². The van der Waals surface area contributed by atoms with Crippen molar-refractivity contribution in [3.8, 4) is 5.75 Å². The molecular weight excluding hydrogens is 512 g/mol. The van der Waals surface area contributed by atoms with E-state index in [9.17, 15) is 39.6 Å². The Morgan fingerprint density at radius 2 is 1.79 bits per heavy atom. The summed E-state index contributed by atoms with van der Waals surface area (Å²) in [5, 5.41) is 45.6. The SMILES string of the molecule is CNC.NC(=O)C1=C(O)[C@@]2(O)C(=O)C3=C(O)c4c(O)ccc(C(=O)CBr)c4CC3C[C@H]2CC1=O. The van der Waals surface area contributed by atoms with Crippen molar-refractivity contribution in [3.05, 3.63) is 45.7 Å². The molecule has 3 atom stereocenters. The molecule has 4 rings (SSSR count). The van der Waals surface area contributed by atoms with E-state index in [0.29, 0.717) is 5.56 Å². The molecule has 1 unspecified atom stereocenters. The van der Waals surface area contributed by atoms with Crippen LogP contribution in [0.2, 0.25) is 0 Å². The number of phenolic OH excluding ortho intramolecular Hbond substituents is 1. The highest BCUT2D eigenvalue weighted by Gasteiger charge is 2.60. The van der Waals surface area contributed by atoms with Crippen LogP contribution in [-0.4, -0.2) is 68.7 Å². The first kappa shape index (κ1) is 25.6. The van der Waals surface area contributed by atoms with Gasteiger partial charge in [0.2, 0.25) is 5.78 Å². The van der Waals surface area contributed by atoms with Crippen molar-refractivity contribution < 1.29 is 39.6 Å². The molecule has 11 heteroatoms. The van der Waals surface area contributed by atoms with Gasteiger partial charge in [-0.05, 0) is 50.6 Å². The molecule has 0 radical (unpaired) electrons. The third kappa shape index (κ3) is 3.73. The minimum absolute atomic E-state index is 0.0105. The van der Waals surface area contributed by atoms with E-state index in [1.807, 2.05) is 14.1 Å². The molecule has 34 heavy (non-hydrogen) atoms. The first-order valence-electron chi connectivity index (χ1n) is 10.4. The molecule has 0 saturated heterocycles. The fourth-order valence-electron chi connectivity index (χ4n) is 4.95. The summed E-state index contributed by atoms with van der Waals surface area (Å²) in [6.45, 7) is 0. The molecule has 3 aliphatic carbocycles. The molecule has 1 aromatic carbocycles. The number of amides is 1. The van der Waals surface area contributed by atoms with Gasteiger partial charge in [-0.15, -0.1) is 0 Å². The Bertz CT molecular complexity index is 1170. The molecule has 182 valence electrons. The minimum Gasteiger partial charge on any atom is -0.508 e. The molecule has 7 N–H and O–H groups in total. The molecule has 3 aliphatic rings. The number of hydrogen-bond donors (Lipinski definition) is 6. The summed E-state index contributed by atoms with van der Waals surface area (Å²) in [7, 11) is 3.75. The predicted molar refractivity (Wildman–Crippen MR) is 124 cm³/mol. The van der Waals surface area contributed by atoms with Crippen molar-refractivity contribution in [1.29, 1.82) is 0 Å². The maximum atomic E-state index is 13.3. The Kier molecular flexibility index (Phi) is 7.02. The Morgan fingerprint density at radius 3 is 2.35 bits per heavy atom. The highest BCUT2D eigenvalue weighted by Crippen LogP contribution is 2.52. The second-order valence-electron chi connectivity index (χ2n) is 8.45. The number of ketones is 3. The Hall–Kier alpha value is -3.02. The predicted octanol–water partition coefficient (Wildman–Crippen LogP) is 0.837. The van der Waals surface area contributed by atoms with Crippen LogP contribution < -0.4 is 11.1 Å². The quantitative estimate of drug-likeness (QED) is 0.185. The molecule has 0 aliphatic heterocycles. The van der Waals surface area contributed by atoms with Crippen LogP contribution in [0.5, 0.6) is 5.75 Å². The molecule has 0 bridgehead atoms. The largest absolute Gasteiger partial charge is 0.508 e. The second kappa shape index (κ2) is 9.32. The first-order valence-corrected chi connectivity index (χ1v) is 11.6. The van der Waals surface area contributed by atoms with Crippen molar-refractivity contribution in [2.45, 2.75) is 24.9 Å². The number of nitrogens with one attached hydrogen (secondary N) is 1. The van der Waals surface area contributed by atoms with E-state index in [4.69, 9.17) is 5.73 Å². The van der Waals surface area contributed by atoms with E-state index in [1.54, 1.807) is 0 Å². The molecular formula is C23H25BrN2O8. The van der Waals surface area contributed by atoms with Gasteiger partial charge in [0.15, 0.2) is 17.2 Å². The topological polar surface area (TPSA) is 187 Å². The maximum absolute atomic E-state index is 13.3. The van der Waals surface area contributed by atoms with Crippen LogP contribution in [0.25, 0.3) is 5.76 Å². The number of nitrogens with two attached hydrogens (primary N) is 1. The molecule has 1 saturated carbocycles. The monoisotopic (exact) mass is 536 g/mol. The van der Waals surface area contributed by atoms with Crippen LogP contribution in [0.1, 0.15) is 34.3 Å². The second-order valence-corrected chi connectivity index (χ2v) is 9.01. The number of aliphatic hydroxyl groups excluding tert-OH is 2. The van der Waals surface area contributed by atoms with Crippen LogP contribution in [0.3, 0.4) is 0 Å². The Morgan fingerprint density at radius 1 is 1.18 bits per heavy atom. The van der Waals surface area contributed by atoms with Crippen molar-refractivity contribution in [2.24, 2.45) is 17.6 Å². The summed E-state index contributed by atoms with van der Waals surface area (Å²) >= 11 is 3.09. The van der Waals surface area contributed by atoms with E-state index >= 15 is 0 Å². The molecule has 0 spiro atoms. The van der Waals surface area contributed by atoms with Gasteiger partial charge in [-0.25, -0.2) is 0 Å². The fraction of sp³-hybridized carbons (Fsp3) is 0.391. The average molecular weight is 537 g/mol. The zero-order chi connectivity index (χ0) is 25.5. The Labute approximate surface area is 203 Å². The highest BCUT2D eigenvalue weighted by molar-refractivity contribution is 9.09. The summed E-state index contributed by atoms with van der Waals surface area (Å²) in [5.74, 6) is -7.24. The zero-order valence-corrected chi connectivity index (χ0v) is 20.1. The van der Waals surface area contributed by atoms with Gasteiger partial charge in [-0.1, -0.05) is 15.9 Å². The lowest BCUT2D eigenvalue weighted by Gasteiger charge is -2.46. The standard InChI is InChI=1S/C21H18BrNO8.C2H7N/c22-6-13(26)9-1-2-11(24)15-10(9)4-7-3-8-5-12(25)16(20(23)30)19(29)21(8,31)18(28)14(7)17(15)27;1-3-2/h1-2,7-8,24,27,29,31H,3-6H2,(H2,23,30);3H,1-2H3/t7?,8-,21-;/m0./s1. The van der Waals surface area contributed by atoms with E-state index in [2.05, 4.69) is 21.2 Å². The number of aromatic hydroxyl groups is 1. The normalized spacial score (nSPS) is 25.6. The number of Topliss-reactive ketones (excluding diaryl/α,β-unsaturated/α-hetero) is 3. The lowest BCUT2D eigenvalue weighted by atomic mass is 9.59. The van der Waals surface area contributed by atoms with Crippen LogP contribution >= 0.6 is 15.9 Å². The number of hydrogen-bond acceptors (Lipinski definition) is 9. The van der Waals surface area contributed by atoms with Crippen molar-refractivity contribution in [1.82, 2.24) is 5.32 Å². The summed E-state index contributed by atoms with van der Waals surface area (Å²) in [6.07, 6.45) is -0.285. The highest BCUT2D eigenvalue weighted by atomic mass is 79.9. The van der Waals surface area contributed by atoms with Gasteiger partial charge in [0.1, 0.15) is 22.8 Å². The van der Waals surface area contributed by atoms with E-state index in [1.165, 1.54) is 12.1 Å². The molecule has 10 nitrogen and oxygen atoms in total. The number of carbonyl (C=O) groups is 4. The smallest absolute Gasteiger partial charge is 0.255 e. The summed E-state index contributed by atoms with van der Waals surface area (Å²) in [5.41, 5.74) is 1.99. The summed E-state index contributed by atoms with van der Waals surface area (Å²) in [6, 6.07) is 2.65. The molecule has 1 fully saturated rings. The number of primary amides is 1. The van der Waals surface area contributed by atoms with Crippen molar-refractivity contribution in [2.75, 3.05) is 19.4 Å². The molecule has 1 aromatic rings. The summed E-state index contributed by atoms with van der Waals surface area (Å²) in [4.78, 5) is 49.6. The van der Waals surface area contributed by atoms with Crippen LogP contribution in [0.4, 0.5) is 0 Å². The van der Waals surface area contributed by atoms with E-state index < -0.39 is 58.4 Å². The molecule has 0 heterocycles. The maximum Gasteiger partial charge on any atom is 0.255 e. The number of benzene rings is 1. The van der Waals surface area contributed by atoms with E-state index in [0.717, 1.165) is 0 Å². The average Bonchev–Trinajstić information content (AvgIpc) is 2.76. The first-order chi connectivity index (χ1) is 15.9. The number of alkyl halides is 1. The molecule has 0 aromatic heterocycles. The lowest BCUT2D eigenvalue weighted by molar-refractivity contribution is -0.147. The number of fused-ring (bicyclic) bond motifs is 3. The van der Waals surface area contributed by atoms with Gasteiger partial charge >= 0.3 is 0 Å². The van der Waals surface area contributed by atoms with Gasteiger partial charge in [0, 0.05) is 23.5 Å². The van der Waals surface area contributed by atoms with Gasteiger partial charge in [0.25, 0.3) is 5.91 Å².